The highest BCUT2D eigenvalue weighted by molar-refractivity contribution is 5.73. The van der Waals surface area contributed by atoms with E-state index in [-0.39, 0.29) is 6.03 Å². The van der Waals surface area contributed by atoms with E-state index in [1.165, 1.54) is 7.11 Å². The number of benzene rings is 1. The molecule has 1 saturated heterocycles. The van der Waals surface area contributed by atoms with Crippen LogP contribution in [0, 0.1) is 0 Å². The van der Waals surface area contributed by atoms with Gasteiger partial charge in [-0.2, -0.15) is 0 Å². The van der Waals surface area contributed by atoms with Crippen LogP contribution in [0.2, 0.25) is 0 Å². The van der Waals surface area contributed by atoms with Crippen molar-refractivity contribution in [3.05, 3.63) is 30.3 Å². The molecule has 1 heterocycles. The average Bonchev–Trinajstić information content (AvgIpc) is 2.40. The number of nitrogens with one attached hydrogen (secondary N) is 2. The number of hydrogen-bond donors (Lipinski definition) is 2. The number of rotatable bonds is 3. The molecule has 2 N–H and O–H groups in total. The van der Waals surface area contributed by atoms with Crippen molar-refractivity contribution in [3.8, 4) is 0 Å². The van der Waals surface area contributed by atoms with Gasteiger partial charge in [-0.3, -0.25) is 4.84 Å². The number of anilines is 1. The second-order valence-corrected chi connectivity index (χ2v) is 4.41. The van der Waals surface area contributed by atoms with Crippen LogP contribution < -0.4 is 10.8 Å². The van der Waals surface area contributed by atoms with Gasteiger partial charge in [-0.15, -0.1) is 0 Å². The zero-order valence-electron chi connectivity index (χ0n) is 10.6. The van der Waals surface area contributed by atoms with Crippen LogP contribution >= 0.6 is 0 Å². The van der Waals surface area contributed by atoms with Gasteiger partial charge < -0.3 is 10.2 Å². The Morgan fingerprint density at radius 2 is 2.17 bits per heavy atom. The van der Waals surface area contributed by atoms with Gasteiger partial charge in [0.2, 0.25) is 0 Å². The van der Waals surface area contributed by atoms with Gasteiger partial charge in [0.05, 0.1) is 7.11 Å². The summed E-state index contributed by atoms with van der Waals surface area (Å²) in [6.07, 6.45) is 2.08. The van der Waals surface area contributed by atoms with Crippen molar-refractivity contribution < 1.29 is 9.63 Å². The summed E-state index contributed by atoms with van der Waals surface area (Å²) in [7, 11) is 1.45. The smallest absolute Gasteiger partial charge is 0.341 e. The SMILES string of the molecule is CONC(=O)N1CCC[C@@H](Nc2ccccc2)C1. The van der Waals surface area contributed by atoms with Gasteiger partial charge in [0.1, 0.15) is 0 Å². The van der Waals surface area contributed by atoms with Crippen molar-refractivity contribution in [2.24, 2.45) is 0 Å². The van der Waals surface area contributed by atoms with Crippen LogP contribution in [0.5, 0.6) is 0 Å². The molecule has 0 unspecified atom stereocenters. The lowest BCUT2D eigenvalue weighted by Gasteiger charge is -2.33. The second-order valence-electron chi connectivity index (χ2n) is 4.41. The van der Waals surface area contributed by atoms with Crippen molar-refractivity contribution in [1.29, 1.82) is 0 Å². The molecule has 2 rings (SSSR count). The first-order valence-electron chi connectivity index (χ1n) is 6.19. The molecule has 18 heavy (non-hydrogen) atoms. The highest BCUT2D eigenvalue weighted by Gasteiger charge is 2.23. The van der Waals surface area contributed by atoms with Gasteiger partial charge in [-0.25, -0.2) is 10.3 Å². The van der Waals surface area contributed by atoms with E-state index in [0.29, 0.717) is 12.6 Å². The predicted octanol–water partition coefficient (Wildman–Crippen LogP) is 1.83. The summed E-state index contributed by atoms with van der Waals surface area (Å²) >= 11 is 0. The number of carbonyl (C=O) groups is 1. The molecule has 1 fully saturated rings. The molecule has 0 spiro atoms. The summed E-state index contributed by atoms with van der Waals surface area (Å²) in [5.41, 5.74) is 3.45. The van der Waals surface area contributed by atoms with Crippen molar-refractivity contribution >= 4 is 11.7 Å². The van der Waals surface area contributed by atoms with E-state index in [4.69, 9.17) is 0 Å². The van der Waals surface area contributed by atoms with Gasteiger partial charge in [-0.05, 0) is 25.0 Å². The largest absolute Gasteiger partial charge is 0.381 e. The number of urea groups is 1. The lowest BCUT2D eigenvalue weighted by Crippen LogP contribution is -2.48. The number of hydrogen-bond acceptors (Lipinski definition) is 3. The average molecular weight is 249 g/mol. The van der Waals surface area contributed by atoms with E-state index >= 15 is 0 Å². The van der Waals surface area contributed by atoms with E-state index in [0.717, 1.165) is 25.1 Å². The minimum Gasteiger partial charge on any atom is -0.381 e. The molecular weight excluding hydrogens is 230 g/mol. The third kappa shape index (κ3) is 3.37. The Kier molecular flexibility index (Phi) is 4.41. The van der Waals surface area contributed by atoms with Crippen LogP contribution in [0.3, 0.4) is 0 Å². The molecular formula is C13H19N3O2. The quantitative estimate of drug-likeness (QED) is 0.804. The van der Waals surface area contributed by atoms with E-state index in [1.54, 1.807) is 4.90 Å². The molecule has 0 saturated carbocycles. The number of hydroxylamine groups is 1. The number of piperidine rings is 1. The lowest BCUT2D eigenvalue weighted by atomic mass is 10.1. The third-order valence-corrected chi connectivity index (χ3v) is 3.04. The first-order valence-corrected chi connectivity index (χ1v) is 6.19. The molecule has 5 heteroatoms. The second kappa shape index (κ2) is 6.26. The van der Waals surface area contributed by atoms with Gasteiger partial charge in [0, 0.05) is 24.8 Å². The van der Waals surface area contributed by atoms with Crippen LogP contribution in [0.1, 0.15) is 12.8 Å². The summed E-state index contributed by atoms with van der Waals surface area (Å²) < 4.78 is 0. The first kappa shape index (κ1) is 12.7. The minimum atomic E-state index is -0.169. The van der Waals surface area contributed by atoms with Crippen molar-refractivity contribution in [3.63, 3.8) is 0 Å². The van der Waals surface area contributed by atoms with Gasteiger partial charge >= 0.3 is 6.03 Å². The molecule has 1 aliphatic heterocycles. The molecule has 98 valence electrons. The molecule has 1 aliphatic rings. The van der Waals surface area contributed by atoms with Crippen molar-refractivity contribution in [2.45, 2.75) is 18.9 Å². The summed E-state index contributed by atoms with van der Waals surface area (Å²) in [5.74, 6) is 0. The maximum atomic E-state index is 11.7. The third-order valence-electron chi connectivity index (χ3n) is 3.04. The summed E-state index contributed by atoms with van der Waals surface area (Å²) in [6, 6.07) is 10.2. The molecule has 5 nitrogen and oxygen atoms in total. The van der Waals surface area contributed by atoms with Crippen LogP contribution in [-0.2, 0) is 4.84 Å². The first-order chi connectivity index (χ1) is 8.79. The molecule has 0 radical (unpaired) electrons. The fourth-order valence-corrected chi connectivity index (χ4v) is 2.20. The number of amides is 2. The standard InChI is InChI=1S/C13H19N3O2/c1-18-15-13(17)16-9-5-8-12(10-16)14-11-6-3-2-4-7-11/h2-4,6-7,12,14H,5,8-10H2,1H3,(H,15,17)/t12-/m1/s1. The number of nitrogens with zero attached hydrogens (tertiary/aromatic N) is 1. The van der Waals surface area contributed by atoms with Crippen LogP contribution in [0.4, 0.5) is 10.5 Å². The topological polar surface area (TPSA) is 53.6 Å². The fraction of sp³-hybridized carbons (Fsp3) is 0.462. The maximum absolute atomic E-state index is 11.7. The molecule has 0 aliphatic carbocycles. The Morgan fingerprint density at radius 3 is 2.89 bits per heavy atom. The number of para-hydroxylation sites is 1. The summed E-state index contributed by atoms with van der Waals surface area (Å²) in [4.78, 5) is 18.1. The Labute approximate surface area is 107 Å². The molecule has 0 aromatic heterocycles. The Hall–Kier alpha value is -1.75. The molecule has 0 bridgehead atoms. The van der Waals surface area contributed by atoms with E-state index in [1.807, 2.05) is 30.3 Å². The van der Waals surface area contributed by atoms with Gasteiger partial charge in [-0.1, -0.05) is 18.2 Å². The monoisotopic (exact) mass is 249 g/mol. The van der Waals surface area contributed by atoms with Crippen LogP contribution in [-0.4, -0.2) is 37.2 Å². The molecule has 1 aromatic carbocycles. The highest BCUT2D eigenvalue weighted by Crippen LogP contribution is 2.15. The number of likely N-dealkylation sites (tertiary alicyclic amines) is 1. The van der Waals surface area contributed by atoms with Gasteiger partial charge in [0.25, 0.3) is 0 Å². The predicted molar refractivity (Wildman–Crippen MR) is 70.2 cm³/mol. The molecule has 1 aromatic rings. The number of carbonyl (C=O) groups excluding carboxylic acids is 1. The minimum absolute atomic E-state index is 0.169. The maximum Gasteiger partial charge on any atom is 0.341 e. The van der Waals surface area contributed by atoms with Crippen molar-refractivity contribution in [2.75, 3.05) is 25.5 Å². The lowest BCUT2D eigenvalue weighted by molar-refractivity contribution is 0.0820. The van der Waals surface area contributed by atoms with Crippen molar-refractivity contribution in [1.82, 2.24) is 10.4 Å². The van der Waals surface area contributed by atoms with E-state index < -0.39 is 0 Å². The summed E-state index contributed by atoms with van der Waals surface area (Å²) in [6.45, 7) is 1.48. The van der Waals surface area contributed by atoms with Gasteiger partial charge in [0.15, 0.2) is 0 Å². The van der Waals surface area contributed by atoms with Crippen LogP contribution in [0.15, 0.2) is 30.3 Å². The molecule has 2 amide bonds. The molecule has 1 atom stereocenters. The van der Waals surface area contributed by atoms with E-state index in [2.05, 4.69) is 15.6 Å². The Balaban J connectivity index is 1.89. The summed E-state index contributed by atoms with van der Waals surface area (Å²) in [5, 5.41) is 3.45. The Bertz CT molecular complexity index is 383. The van der Waals surface area contributed by atoms with E-state index in [9.17, 15) is 4.79 Å². The van der Waals surface area contributed by atoms with Crippen LogP contribution in [0.25, 0.3) is 0 Å². The fourth-order valence-electron chi connectivity index (χ4n) is 2.20. The Morgan fingerprint density at radius 1 is 1.39 bits per heavy atom. The normalized spacial score (nSPS) is 19.4. The highest BCUT2D eigenvalue weighted by atomic mass is 16.6. The zero-order valence-corrected chi connectivity index (χ0v) is 10.6. The zero-order chi connectivity index (χ0) is 12.8.